The quantitative estimate of drug-likeness (QED) is 0.608. The van der Waals surface area contributed by atoms with Crippen molar-refractivity contribution in [1.29, 1.82) is 0 Å². The molecule has 2 aromatic carbocycles. The maximum absolute atomic E-state index is 14.4. The zero-order valence-corrected chi connectivity index (χ0v) is 17.5. The van der Waals surface area contributed by atoms with Gasteiger partial charge in [0, 0.05) is 34.8 Å². The number of hydrogen-bond acceptors (Lipinski definition) is 2. The average Bonchev–Trinajstić information content (AvgIpc) is 2.97. The van der Waals surface area contributed by atoms with Gasteiger partial charge >= 0.3 is 5.97 Å². The summed E-state index contributed by atoms with van der Waals surface area (Å²) in [6.45, 7) is 0.481. The lowest BCUT2D eigenvalue weighted by molar-refractivity contribution is -0.137. The molecule has 2 unspecified atom stereocenters. The number of halogens is 2. The zero-order chi connectivity index (χ0) is 20.7. The lowest BCUT2D eigenvalue weighted by Gasteiger charge is -2.25. The Balaban J connectivity index is 2.00. The highest BCUT2D eigenvalue weighted by atomic mass is 35.5. The second-order valence-electron chi connectivity index (χ2n) is 7.52. The highest BCUT2D eigenvalue weighted by molar-refractivity contribution is 7.84. The third-order valence-electron chi connectivity index (χ3n) is 5.59. The van der Waals surface area contributed by atoms with Crippen LogP contribution in [0.4, 0.5) is 4.39 Å². The molecule has 1 aromatic heterocycles. The first-order valence-corrected chi connectivity index (χ1v) is 11.4. The third-order valence-corrected chi connectivity index (χ3v) is 6.77. The fourth-order valence-electron chi connectivity index (χ4n) is 4.46. The maximum atomic E-state index is 14.4. The van der Waals surface area contributed by atoms with Crippen molar-refractivity contribution in [3.05, 3.63) is 64.1 Å². The molecule has 0 bridgehead atoms. The number of carboxylic acid groups (broad SMARTS) is 1. The summed E-state index contributed by atoms with van der Waals surface area (Å²) in [7, 11) is -1.38. The van der Waals surface area contributed by atoms with Gasteiger partial charge in [0.15, 0.2) is 0 Å². The molecule has 0 radical (unpaired) electrons. The van der Waals surface area contributed by atoms with Crippen LogP contribution in [-0.4, -0.2) is 26.1 Å². The van der Waals surface area contributed by atoms with Crippen LogP contribution in [0.5, 0.6) is 0 Å². The number of rotatable bonds is 5. The molecule has 0 spiro atoms. The van der Waals surface area contributed by atoms with Gasteiger partial charge in [-0.3, -0.25) is 9.00 Å². The van der Waals surface area contributed by atoms with Gasteiger partial charge < -0.3 is 9.67 Å². The van der Waals surface area contributed by atoms with Gasteiger partial charge in [-0.25, -0.2) is 4.39 Å². The minimum atomic E-state index is -1.38. The van der Waals surface area contributed by atoms with Crippen molar-refractivity contribution in [1.82, 2.24) is 4.57 Å². The van der Waals surface area contributed by atoms with Gasteiger partial charge in [-0.2, -0.15) is 0 Å². The van der Waals surface area contributed by atoms with Gasteiger partial charge in [0.2, 0.25) is 0 Å². The minimum absolute atomic E-state index is 0.0248. The number of carbonyl (C=O) groups is 1. The number of fused-ring (bicyclic) bond motifs is 3. The van der Waals surface area contributed by atoms with Gasteiger partial charge in [-0.1, -0.05) is 23.7 Å². The second-order valence-corrected chi connectivity index (χ2v) is 9.30. The molecule has 29 heavy (non-hydrogen) atoms. The van der Waals surface area contributed by atoms with E-state index in [0.29, 0.717) is 16.5 Å². The van der Waals surface area contributed by atoms with Gasteiger partial charge in [0.05, 0.1) is 27.6 Å². The van der Waals surface area contributed by atoms with E-state index in [0.717, 1.165) is 47.0 Å². The van der Waals surface area contributed by atoms with E-state index in [1.165, 1.54) is 12.1 Å². The van der Waals surface area contributed by atoms with Crippen molar-refractivity contribution in [3.63, 3.8) is 0 Å². The number of carboxylic acids is 1. The molecule has 0 saturated carbocycles. The van der Waals surface area contributed by atoms with Crippen LogP contribution in [0.15, 0.2) is 41.3 Å². The highest BCUT2D eigenvalue weighted by Gasteiger charge is 2.31. The van der Waals surface area contributed by atoms with E-state index < -0.39 is 22.6 Å². The van der Waals surface area contributed by atoms with Crippen LogP contribution in [0.1, 0.15) is 42.0 Å². The van der Waals surface area contributed by atoms with Gasteiger partial charge in [-0.05, 0) is 54.7 Å². The molecule has 0 saturated heterocycles. The summed E-state index contributed by atoms with van der Waals surface area (Å²) in [5.74, 6) is -1.43. The van der Waals surface area contributed by atoms with Crippen LogP contribution in [0.25, 0.3) is 10.9 Å². The standard InChI is InChI=1S/C22H21ClFNO3S/c1-29(28)19-11-16(24)10-18-17-4-2-3-14(9-20(26)27)21(17)25(22(18)19)12-13-5-7-15(23)8-6-13/h5-8,10-11,14H,2-4,9,12H2,1H3,(H,26,27). The molecule has 0 fully saturated rings. The molecule has 3 aromatic rings. The van der Waals surface area contributed by atoms with Crippen molar-refractivity contribution in [2.75, 3.05) is 6.26 Å². The van der Waals surface area contributed by atoms with Gasteiger partial charge in [0.25, 0.3) is 0 Å². The summed E-state index contributed by atoms with van der Waals surface area (Å²) >= 11 is 6.01. The van der Waals surface area contributed by atoms with E-state index in [1.54, 1.807) is 6.26 Å². The minimum Gasteiger partial charge on any atom is -0.481 e. The second kappa shape index (κ2) is 7.92. The van der Waals surface area contributed by atoms with Crippen molar-refractivity contribution in [2.24, 2.45) is 0 Å². The Bertz CT molecular complexity index is 1120. The van der Waals surface area contributed by atoms with E-state index in [4.69, 9.17) is 11.6 Å². The molecule has 1 heterocycles. The van der Waals surface area contributed by atoms with E-state index in [-0.39, 0.29) is 12.3 Å². The summed E-state index contributed by atoms with van der Waals surface area (Å²) < 4.78 is 28.9. The number of aromatic nitrogens is 1. The molecule has 1 aliphatic rings. The molecule has 1 aliphatic carbocycles. The normalized spacial score (nSPS) is 17.3. The van der Waals surface area contributed by atoms with E-state index in [9.17, 15) is 18.5 Å². The first-order valence-electron chi connectivity index (χ1n) is 9.49. The number of nitrogens with zero attached hydrogens (tertiary/aromatic N) is 1. The summed E-state index contributed by atoms with van der Waals surface area (Å²) in [5.41, 5.74) is 3.65. The largest absolute Gasteiger partial charge is 0.481 e. The predicted molar refractivity (Wildman–Crippen MR) is 113 cm³/mol. The van der Waals surface area contributed by atoms with Crippen molar-refractivity contribution in [2.45, 2.75) is 43.0 Å². The summed E-state index contributed by atoms with van der Waals surface area (Å²) in [5, 5.41) is 10.8. The summed E-state index contributed by atoms with van der Waals surface area (Å²) in [6, 6.07) is 10.3. The third kappa shape index (κ3) is 3.83. The molecule has 0 aliphatic heterocycles. The smallest absolute Gasteiger partial charge is 0.304 e. The Morgan fingerprint density at radius 1 is 1.31 bits per heavy atom. The Morgan fingerprint density at radius 3 is 2.69 bits per heavy atom. The van der Waals surface area contributed by atoms with Crippen LogP contribution in [0, 0.1) is 5.82 Å². The molecule has 4 nitrogen and oxygen atoms in total. The van der Waals surface area contributed by atoms with Crippen molar-refractivity contribution < 1.29 is 18.5 Å². The molecule has 4 rings (SSSR count). The fraction of sp³-hybridized carbons (Fsp3) is 0.318. The maximum Gasteiger partial charge on any atom is 0.304 e. The molecule has 7 heteroatoms. The number of hydrogen-bond donors (Lipinski definition) is 1. The number of benzene rings is 2. The molecule has 152 valence electrons. The Hall–Kier alpha value is -2.18. The van der Waals surface area contributed by atoms with Crippen molar-refractivity contribution in [3.8, 4) is 0 Å². The van der Waals surface area contributed by atoms with Crippen LogP contribution in [0.3, 0.4) is 0 Å². The van der Waals surface area contributed by atoms with Crippen LogP contribution < -0.4 is 0 Å². The number of aryl methyl sites for hydroxylation is 1. The van der Waals surface area contributed by atoms with E-state index in [2.05, 4.69) is 4.57 Å². The van der Waals surface area contributed by atoms with Gasteiger partial charge in [0.1, 0.15) is 5.82 Å². The average molecular weight is 434 g/mol. The Kier molecular flexibility index (Phi) is 5.49. The molecular weight excluding hydrogens is 413 g/mol. The first kappa shape index (κ1) is 20.1. The van der Waals surface area contributed by atoms with Gasteiger partial charge in [-0.15, -0.1) is 0 Å². The van der Waals surface area contributed by atoms with Crippen LogP contribution in [0.2, 0.25) is 5.02 Å². The molecular formula is C22H21ClFNO3S. The first-order chi connectivity index (χ1) is 13.8. The molecule has 0 amide bonds. The van der Waals surface area contributed by atoms with E-state index in [1.807, 2.05) is 24.3 Å². The van der Waals surface area contributed by atoms with Crippen LogP contribution >= 0.6 is 11.6 Å². The summed E-state index contributed by atoms with van der Waals surface area (Å²) in [4.78, 5) is 11.9. The van der Waals surface area contributed by atoms with E-state index >= 15 is 0 Å². The Labute approximate surface area is 175 Å². The van der Waals surface area contributed by atoms with Crippen LogP contribution in [-0.2, 0) is 28.6 Å². The zero-order valence-electron chi connectivity index (χ0n) is 16.0. The lowest BCUT2D eigenvalue weighted by Crippen LogP contribution is -2.17. The number of aliphatic carboxylic acids is 1. The van der Waals surface area contributed by atoms with Crippen molar-refractivity contribution >= 4 is 39.3 Å². The fourth-order valence-corrected chi connectivity index (χ4v) is 5.36. The topological polar surface area (TPSA) is 59.3 Å². The molecule has 2 atom stereocenters. The molecule has 1 N–H and O–H groups in total. The Morgan fingerprint density at radius 2 is 2.03 bits per heavy atom. The predicted octanol–water partition coefficient (Wildman–Crippen LogP) is 5.11. The summed E-state index contributed by atoms with van der Waals surface area (Å²) in [6.07, 6.45) is 3.95. The monoisotopic (exact) mass is 433 g/mol. The lowest BCUT2D eigenvalue weighted by atomic mass is 9.84. The highest BCUT2D eigenvalue weighted by Crippen LogP contribution is 2.42. The SMILES string of the molecule is CS(=O)c1cc(F)cc2c3c(n(Cc4ccc(Cl)cc4)c12)C(CC(=O)O)CCC3.